The fraction of sp³-hybridized carbons (Fsp3) is 0.630. The SMILES string of the molecule is COC(=O)N[C@H](C(=O)N1C[C@H]2[C@@H]([C@H]1C(=O)N1C[C@@]3(C[C@H]1C(N)=O)Oc1cccnc1NC3=O)C2(C)C)C(C)(C)C. The standard InChI is InChI=1S/C27H36N6O7/c1-25(2,3)18(30-24(38)39-6)22(36)32-11-13-16(26(13,4)5)17(32)21(35)33-12-27(10-14(33)19(28)34)23(37)31-20-15(40-27)8-7-9-29-20/h7-9,13-14,16-18H,10-12H2,1-6H3,(H2,28,34)(H,30,38)(H,29,31,37)/t13-,14-,16-,17-,18+,27+/m0/s1. The van der Waals surface area contributed by atoms with Gasteiger partial charge in [-0.05, 0) is 34.8 Å². The number of likely N-dealkylation sites (tertiary alicyclic amines) is 2. The minimum Gasteiger partial charge on any atom is -0.472 e. The molecular formula is C27H36N6O7. The monoisotopic (exact) mass is 556 g/mol. The van der Waals surface area contributed by atoms with Crippen molar-refractivity contribution < 1.29 is 33.4 Å². The maximum absolute atomic E-state index is 14.3. The van der Waals surface area contributed by atoms with Gasteiger partial charge in [0.15, 0.2) is 11.6 Å². The number of nitrogens with one attached hydrogen (secondary N) is 2. The van der Waals surface area contributed by atoms with Crippen molar-refractivity contribution in [1.29, 1.82) is 0 Å². The second-order valence-corrected chi connectivity index (χ2v) is 12.8. The highest BCUT2D eigenvalue weighted by molar-refractivity contribution is 6.03. The number of ether oxygens (including phenoxy) is 2. The number of piperidine rings is 1. The van der Waals surface area contributed by atoms with Crippen molar-refractivity contribution in [3.05, 3.63) is 18.3 Å². The maximum Gasteiger partial charge on any atom is 0.407 e. The van der Waals surface area contributed by atoms with Crippen LogP contribution in [0.2, 0.25) is 0 Å². The Balaban J connectivity index is 1.47. The lowest BCUT2D eigenvalue weighted by molar-refractivity contribution is -0.150. The number of nitrogens with zero attached hydrogens (tertiary/aromatic N) is 3. The first-order valence-electron chi connectivity index (χ1n) is 13.3. The summed E-state index contributed by atoms with van der Waals surface area (Å²) < 4.78 is 10.8. The van der Waals surface area contributed by atoms with Crippen LogP contribution < -0.4 is 21.1 Å². The molecule has 0 radical (unpaired) electrons. The molecule has 0 aromatic carbocycles. The molecule has 1 aliphatic carbocycles. The summed E-state index contributed by atoms with van der Waals surface area (Å²) >= 11 is 0. The third-order valence-corrected chi connectivity index (χ3v) is 8.96. The lowest BCUT2D eigenvalue weighted by atomic mass is 9.85. The molecule has 1 saturated carbocycles. The Morgan fingerprint density at radius 2 is 1.95 bits per heavy atom. The Kier molecular flexibility index (Phi) is 6.27. The molecule has 0 unspecified atom stereocenters. The third-order valence-electron chi connectivity index (χ3n) is 8.96. The topological polar surface area (TPSA) is 173 Å². The number of alkyl carbamates (subject to hydrolysis) is 1. The Labute approximate surface area is 232 Å². The average molecular weight is 557 g/mol. The van der Waals surface area contributed by atoms with E-state index in [1.165, 1.54) is 23.1 Å². The molecule has 4 N–H and O–H groups in total. The Morgan fingerprint density at radius 3 is 2.58 bits per heavy atom. The number of pyridine rings is 1. The van der Waals surface area contributed by atoms with Crippen molar-refractivity contribution in [1.82, 2.24) is 20.1 Å². The van der Waals surface area contributed by atoms with E-state index < -0.39 is 58.9 Å². The molecule has 0 bridgehead atoms. The number of hydrogen-bond donors (Lipinski definition) is 3. The molecule has 13 heteroatoms. The van der Waals surface area contributed by atoms with Crippen LogP contribution >= 0.6 is 0 Å². The first-order chi connectivity index (χ1) is 18.6. The highest BCUT2D eigenvalue weighted by Crippen LogP contribution is 2.65. The van der Waals surface area contributed by atoms with Crippen molar-refractivity contribution in [2.45, 2.75) is 64.8 Å². The summed E-state index contributed by atoms with van der Waals surface area (Å²) in [5.41, 5.74) is 3.30. The average Bonchev–Trinajstić information content (AvgIpc) is 3.23. The number of anilines is 1. The number of carbonyl (C=O) groups is 5. The van der Waals surface area contributed by atoms with Crippen molar-refractivity contribution in [3.8, 4) is 5.75 Å². The molecule has 40 heavy (non-hydrogen) atoms. The summed E-state index contributed by atoms with van der Waals surface area (Å²) in [5, 5.41) is 5.33. The van der Waals surface area contributed by atoms with Gasteiger partial charge in [-0.25, -0.2) is 9.78 Å². The van der Waals surface area contributed by atoms with Gasteiger partial charge in [0.2, 0.25) is 23.3 Å². The molecule has 5 amide bonds. The minimum atomic E-state index is -1.54. The fourth-order valence-electron chi connectivity index (χ4n) is 6.60. The predicted molar refractivity (Wildman–Crippen MR) is 141 cm³/mol. The maximum atomic E-state index is 14.3. The molecule has 1 aromatic heterocycles. The van der Waals surface area contributed by atoms with E-state index in [4.69, 9.17) is 15.2 Å². The van der Waals surface area contributed by atoms with E-state index in [0.29, 0.717) is 12.3 Å². The van der Waals surface area contributed by atoms with Crippen molar-refractivity contribution in [2.75, 3.05) is 25.5 Å². The quantitative estimate of drug-likeness (QED) is 0.480. The molecular weight excluding hydrogens is 520 g/mol. The number of methoxy groups -OCH3 is 1. The molecule has 4 aliphatic rings. The van der Waals surface area contributed by atoms with E-state index in [1.54, 1.807) is 12.1 Å². The van der Waals surface area contributed by atoms with Crippen molar-refractivity contribution >= 4 is 35.5 Å². The van der Waals surface area contributed by atoms with Gasteiger partial charge in [-0.2, -0.15) is 0 Å². The van der Waals surface area contributed by atoms with Gasteiger partial charge in [0.05, 0.1) is 13.7 Å². The van der Waals surface area contributed by atoms with Gasteiger partial charge >= 0.3 is 6.09 Å². The smallest absolute Gasteiger partial charge is 0.407 e. The normalized spacial score (nSPS) is 30.5. The molecule has 1 spiro atoms. The number of fused-ring (bicyclic) bond motifs is 2. The highest BCUT2D eigenvalue weighted by atomic mass is 16.5. The zero-order valence-corrected chi connectivity index (χ0v) is 23.5. The van der Waals surface area contributed by atoms with Crippen LogP contribution in [0.5, 0.6) is 5.75 Å². The second kappa shape index (κ2) is 9.07. The van der Waals surface area contributed by atoms with Gasteiger partial charge in [-0.1, -0.05) is 34.6 Å². The zero-order chi connectivity index (χ0) is 29.4. The van der Waals surface area contributed by atoms with Crippen molar-refractivity contribution in [3.63, 3.8) is 0 Å². The fourth-order valence-corrected chi connectivity index (χ4v) is 6.60. The van der Waals surface area contributed by atoms with Gasteiger partial charge < -0.3 is 35.6 Å². The predicted octanol–water partition coefficient (Wildman–Crippen LogP) is 0.491. The third kappa shape index (κ3) is 4.22. The summed E-state index contributed by atoms with van der Waals surface area (Å²) in [5.74, 6) is -1.75. The number of primary amides is 1. The number of aromatic nitrogens is 1. The van der Waals surface area contributed by atoms with Crippen LogP contribution in [-0.2, 0) is 23.9 Å². The summed E-state index contributed by atoms with van der Waals surface area (Å²) in [6, 6.07) is 0.293. The first kappa shape index (κ1) is 27.7. The Morgan fingerprint density at radius 1 is 1.25 bits per heavy atom. The Hall–Kier alpha value is -3.90. The molecule has 13 nitrogen and oxygen atoms in total. The molecule has 1 aromatic rings. The van der Waals surface area contributed by atoms with E-state index >= 15 is 0 Å². The van der Waals surface area contributed by atoms with E-state index in [-0.39, 0.29) is 36.0 Å². The van der Waals surface area contributed by atoms with E-state index in [0.717, 1.165) is 0 Å². The molecule has 3 aliphatic heterocycles. The first-order valence-corrected chi connectivity index (χ1v) is 13.3. The van der Waals surface area contributed by atoms with E-state index in [9.17, 15) is 24.0 Å². The van der Waals surface area contributed by atoms with Gasteiger partial charge in [0.25, 0.3) is 5.91 Å². The summed E-state index contributed by atoms with van der Waals surface area (Å²) in [7, 11) is 1.21. The molecule has 2 saturated heterocycles. The highest BCUT2D eigenvalue weighted by Gasteiger charge is 2.71. The van der Waals surface area contributed by atoms with Gasteiger partial charge in [0.1, 0.15) is 18.1 Å². The summed E-state index contributed by atoms with van der Waals surface area (Å²) in [6.07, 6.45) is 0.614. The van der Waals surface area contributed by atoms with E-state index in [2.05, 4.69) is 15.6 Å². The van der Waals surface area contributed by atoms with Crippen LogP contribution in [-0.4, -0.2) is 88.4 Å². The van der Waals surface area contributed by atoms with Crippen LogP contribution in [0.4, 0.5) is 10.6 Å². The minimum absolute atomic E-state index is 0.0555. The zero-order valence-electron chi connectivity index (χ0n) is 23.5. The van der Waals surface area contributed by atoms with Gasteiger partial charge in [0, 0.05) is 19.2 Å². The number of nitrogens with two attached hydrogens (primary N) is 1. The van der Waals surface area contributed by atoms with E-state index in [1.807, 2.05) is 34.6 Å². The number of carbonyl (C=O) groups excluding carboxylic acids is 5. The van der Waals surface area contributed by atoms with Gasteiger partial charge in [-0.15, -0.1) is 0 Å². The number of hydrogen-bond acceptors (Lipinski definition) is 8. The second-order valence-electron chi connectivity index (χ2n) is 12.8. The van der Waals surface area contributed by atoms with Crippen LogP contribution in [0, 0.1) is 22.7 Å². The van der Waals surface area contributed by atoms with Crippen molar-refractivity contribution in [2.24, 2.45) is 28.4 Å². The summed E-state index contributed by atoms with van der Waals surface area (Å²) in [6.45, 7) is 9.60. The molecule has 5 rings (SSSR count). The molecule has 6 atom stereocenters. The van der Waals surface area contributed by atoms with Crippen LogP contribution in [0.25, 0.3) is 0 Å². The number of rotatable bonds is 4. The van der Waals surface area contributed by atoms with Crippen LogP contribution in [0.1, 0.15) is 41.0 Å². The molecule has 4 heterocycles. The largest absolute Gasteiger partial charge is 0.472 e. The lowest BCUT2D eigenvalue weighted by Gasteiger charge is -2.39. The number of amides is 5. The lowest BCUT2D eigenvalue weighted by Crippen LogP contribution is -2.61. The molecule has 3 fully saturated rings. The Bertz CT molecular complexity index is 1290. The van der Waals surface area contributed by atoms with Crippen LogP contribution in [0.15, 0.2) is 18.3 Å². The molecule has 216 valence electrons. The summed E-state index contributed by atoms with van der Waals surface area (Å²) in [4.78, 5) is 73.2. The van der Waals surface area contributed by atoms with Gasteiger partial charge in [-0.3, -0.25) is 19.2 Å². The van der Waals surface area contributed by atoms with Crippen LogP contribution in [0.3, 0.4) is 0 Å².